The van der Waals surface area contributed by atoms with Crippen LogP contribution in [-0.4, -0.2) is 23.4 Å². The van der Waals surface area contributed by atoms with Gasteiger partial charge in [0.1, 0.15) is 11.7 Å². The number of amidine groups is 1. The Morgan fingerprint density at radius 2 is 2.10 bits per heavy atom. The van der Waals surface area contributed by atoms with E-state index in [1.807, 2.05) is 30.3 Å². The molecule has 3 N–H and O–H groups in total. The number of pyridine rings is 1. The lowest BCUT2D eigenvalue weighted by Crippen LogP contribution is -2.43. The van der Waals surface area contributed by atoms with Crippen molar-refractivity contribution in [1.82, 2.24) is 4.98 Å². The number of nitrogens with one attached hydrogen (secondary N) is 1. The van der Waals surface area contributed by atoms with Crippen molar-refractivity contribution >= 4 is 22.6 Å². The van der Waals surface area contributed by atoms with Crippen LogP contribution >= 0.6 is 0 Å². The highest BCUT2D eigenvalue weighted by Gasteiger charge is 2.26. The molecule has 2 heterocycles. The summed E-state index contributed by atoms with van der Waals surface area (Å²) in [5, 5.41) is 8.80. The number of nitrogens with two attached hydrogens (primary N) is 1. The van der Waals surface area contributed by atoms with Crippen LogP contribution in [0.5, 0.6) is 0 Å². The van der Waals surface area contributed by atoms with Gasteiger partial charge in [-0.2, -0.15) is 0 Å². The second-order valence-electron chi connectivity index (χ2n) is 6.01. The molecule has 0 spiro atoms. The number of para-hydroxylation sites is 1. The molecule has 21 heavy (non-hydrogen) atoms. The first-order valence-electron chi connectivity index (χ1n) is 7.58. The van der Waals surface area contributed by atoms with Gasteiger partial charge in [-0.1, -0.05) is 25.1 Å². The molecule has 0 aliphatic carbocycles. The first-order chi connectivity index (χ1) is 10.1. The van der Waals surface area contributed by atoms with Crippen molar-refractivity contribution < 1.29 is 0 Å². The van der Waals surface area contributed by atoms with Gasteiger partial charge in [-0.05, 0) is 37.8 Å². The third kappa shape index (κ3) is 2.46. The number of piperidine rings is 1. The van der Waals surface area contributed by atoms with Crippen molar-refractivity contribution in [3.63, 3.8) is 0 Å². The molecule has 2 unspecified atom stereocenters. The Hall–Kier alpha value is -2.10. The fraction of sp³-hybridized carbons (Fsp3) is 0.412. The van der Waals surface area contributed by atoms with Crippen LogP contribution < -0.4 is 10.6 Å². The van der Waals surface area contributed by atoms with Crippen molar-refractivity contribution in [2.45, 2.75) is 32.7 Å². The standard InChI is InChI=1S/C17H22N4/c1-11-6-5-9-21(12(11)2)16-10-14(17(18)19)13-7-3-4-8-15(13)20-16/h3-4,7-8,10-12H,5-6,9H2,1-2H3,(H3,18,19). The van der Waals surface area contributed by atoms with E-state index in [4.69, 9.17) is 16.1 Å². The monoisotopic (exact) mass is 282 g/mol. The van der Waals surface area contributed by atoms with Gasteiger partial charge in [0.25, 0.3) is 0 Å². The highest BCUT2D eigenvalue weighted by Crippen LogP contribution is 2.30. The van der Waals surface area contributed by atoms with E-state index in [2.05, 4.69) is 18.7 Å². The highest BCUT2D eigenvalue weighted by molar-refractivity contribution is 6.07. The van der Waals surface area contributed by atoms with Crippen molar-refractivity contribution in [3.05, 3.63) is 35.9 Å². The third-order valence-electron chi connectivity index (χ3n) is 4.66. The van der Waals surface area contributed by atoms with E-state index in [0.717, 1.165) is 28.8 Å². The molecular weight excluding hydrogens is 260 g/mol. The molecule has 1 saturated heterocycles. The van der Waals surface area contributed by atoms with Gasteiger partial charge < -0.3 is 10.6 Å². The number of hydrogen-bond donors (Lipinski definition) is 2. The lowest BCUT2D eigenvalue weighted by Gasteiger charge is -2.39. The Morgan fingerprint density at radius 1 is 1.33 bits per heavy atom. The minimum atomic E-state index is 0.104. The van der Waals surface area contributed by atoms with Gasteiger partial charge in [0.05, 0.1) is 5.52 Å². The van der Waals surface area contributed by atoms with Gasteiger partial charge in [-0.15, -0.1) is 0 Å². The van der Waals surface area contributed by atoms with Crippen molar-refractivity contribution in [1.29, 1.82) is 5.41 Å². The number of nitrogens with zero attached hydrogens (tertiary/aromatic N) is 2. The molecule has 3 rings (SSSR count). The SMILES string of the molecule is CC1CCCN(c2cc(C(=N)N)c3ccccc3n2)C1C. The number of aromatic nitrogens is 1. The summed E-state index contributed by atoms with van der Waals surface area (Å²) in [6.07, 6.45) is 2.46. The van der Waals surface area contributed by atoms with Gasteiger partial charge in [0.15, 0.2) is 0 Å². The fourth-order valence-electron chi connectivity index (χ4n) is 3.19. The van der Waals surface area contributed by atoms with Crippen molar-refractivity contribution in [2.75, 3.05) is 11.4 Å². The highest BCUT2D eigenvalue weighted by atomic mass is 15.2. The Kier molecular flexibility index (Phi) is 3.53. The van der Waals surface area contributed by atoms with Gasteiger partial charge in [0, 0.05) is 23.5 Å². The van der Waals surface area contributed by atoms with Crippen LogP contribution in [0.1, 0.15) is 32.3 Å². The molecule has 1 aliphatic rings. The first kappa shape index (κ1) is 13.9. The average molecular weight is 282 g/mol. The number of fused-ring (bicyclic) bond motifs is 1. The van der Waals surface area contributed by atoms with Crippen LogP contribution in [0.25, 0.3) is 10.9 Å². The zero-order valence-electron chi connectivity index (χ0n) is 12.6. The van der Waals surface area contributed by atoms with E-state index < -0.39 is 0 Å². The molecule has 0 bridgehead atoms. The van der Waals surface area contributed by atoms with E-state index in [1.54, 1.807) is 0 Å². The van der Waals surface area contributed by atoms with E-state index in [0.29, 0.717) is 12.0 Å². The van der Waals surface area contributed by atoms with E-state index in [-0.39, 0.29) is 5.84 Å². The minimum Gasteiger partial charge on any atom is -0.384 e. The van der Waals surface area contributed by atoms with Gasteiger partial charge in [0.2, 0.25) is 0 Å². The average Bonchev–Trinajstić information content (AvgIpc) is 2.48. The largest absolute Gasteiger partial charge is 0.384 e. The number of anilines is 1. The third-order valence-corrected chi connectivity index (χ3v) is 4.66. The van der Waals surface area contributed by atoms with E-state index in [9.17, 15) is 0 Å². The number of benzene rings is 1. The number of nitrogen functional groups attached to an aromatic ring is 1. The molecule has 2 aromatic rings. The number of rotatable bonds is 2. The van der Waals surface area contributed by atoms with E-state index in [1.165, 1.54) is 12.8 Å². The summed E-state index contributed by atoms with van der Waals surface area (Å²) in [4.78, 5) is 7.15. The molecule has 4 nitrogen and oxygen atoms in total. The molecule has 1 aromatic heterocycles. The van der Waals surface area contributed by atoms with Crippen LogP contribution in [0.4, 0.5) is 5.82 Å². The summed E-state index contributed by atoms with van der Waals surface area (Å²) in [6.45, 7) is 5.58. The minimum absolute atomic E-state index is 0.104. The molecule has 2 atom stereocenters. The van der Waals surface area contributed by atoms with Crippen LogP contribution in [0, 0.1) is 11.3 Å². The summed E-state index contributed by atoms with van der Waals surface area (Å²) in [5.74, 6) is 1.71. The molecule has 110 valence electrons. The Balaban J connectivity index is 2.13. The summed E-state index contributed by atoms with van der Waals surface area (Å²) in [5.41, 5.74) is 7.46. The predicted octanol–water partition coefficient (Wildman–Crippen LogP) is 3.14. The van der Waals surface area contributed by atoms with Crippen LogP contribution in [0.3, 0.4) is 0 Å². The molecule has 1 fully saturated rings. The molecule has 4 heteroatoms. The summed E-state index contributed by atoms with van der Waals surface area (Å²) in [6, 6.07) is 10.3. The van der Waals surface area contributed by atoms with Gasteiger partial charge >= 0.3 is 0 Å². The van der Waals surface area contributed by atoms with Crippen LogP contribution in [0.15, 0.2) is 30.3 Å². The van der Waals surface area contributed by atoms with Gasteiger partial charge in [-0.25, -0.2) is 4.98 Å². The lowest BCUT2D eigenvalue weighted by molar-refractivity contribution is 0.362. The quantitative estimate of drug-likeness (QED) is 0.657. The molecular formula is C17H22N4. The summed E-state index contributed by atoms with van der Waals surface area (Å²) in [7, 11) is 0. The summed E-state index contributed by atoms with van der Waals surface area (Å²) >= 11 is 0. The maximum absolute atomic E-state index is 7.85. The van der Waals surface area contributed by atoms with Gasteiger partial charge in [-0.3, -0.25) is 5.41 Å². The molecule has 0 amide bonds. The maximum Gasteiger partial charge on any atom is 0.130 e. The van der Waals surface area contributed by atoms with Crippen LogP contribution in [-0.2, 0) is 0 Å². The second-order valence-corrected chi connectivity index (χ2v) is 6.01. The maximum atomic E-state index is 7.85. The number of hydrogen-bond acceptors (Lipinski definition) is 3. The predicted molar refractivity (Wildman–Crippen MR) is 88.0 cm³/mol. The molecule has 1 aliphatic heterocycles. The zero-order valence-corrected chi connectivity index (χ0v) is 12.6. The van der Waals surface area contributed by atoms with E-state index >= 15 is 0 Å². The molecule has 1 aromatic carbocycles. The topological polar surface area (TPSA) is 66.0 Å². The molecule has 0 radical (unpaired) electrons. The Labute approximate surface area is 125 Å². The normalized spacial score (nSPS) is 22.5. The smallest absolute Gasteiger partial charge is 0.130 e. The second kappa shape index (κ2) is 5.35. The van der Waals surface area contributed by atoms with Crippen molar-refractivity contribution in [3.8, 4) is 0 Å². The molecule has 0 saturated carbocycles. The first-order valence-corrected chi connectivity index (χ1v) is 7.58. The lowest BCUT2D eigenvalue weighted by atomic mass is 9.92. The van der Waals surface area contributed by atoms with Crippen molar-refractivity contribution in [2.24, 2.45) is 11.7 Å². The fourth-order valence-corrected chi connectivity index (χ4v) is 3.19. The van der Waals surface area contributed by atoms with Crippen LogP contribution in [0.2, 0.25) is 0 Å². The summed E-state index contributed by atoms with van der Waals surface area (Å²) < 4.78 is 0. The zero-order chi connectivity index (χ0) is 15.0. The Morgan fingerprint density at radius 3 is 2.86 bits per heavy atom. The Bertz CT molecular complexity index is 680.